The van der Waals surface area contributed by atoms with Gasteiger partial charge >= 0.3 is 0 Å². The van der Waals surface area contributed by atoms with Gasteiger partial charge in [0.15, 0.2) is 11.6 Å². The minimum absolute atomic E-state index is 0.0549. The fraction of sp³-hybridized carbons (Fsp3) is 0.462. The Morgan fingerprint density at radius 1 is 1.50 bits per heavy atom. The van der Waals surface area contributed by atoms with Crippen molar-refractivity contribution in [1.82, 2.24) is 5.32 Å². The van der Waals surface area contributed by atoms with E-state index in [1.807, 2.05) is 13.8 Å². The first-order valence-electron chi connectivity index (χ1n) is 5.57. The number of methoxy groups -OCH3 is 1. The Bertz CT molecular complexity index is 435. The second kappa shape index (κ2) is 6.05. The van der Waals surface area contributed by atoms with E-state index in [0.717, 1.165) is 0 Å². The zero-order valence-electron chi connectivity index (χ0n) is 10.7. The van der Waals surface area contributed by atoms with Crippen LogP contribution >= 0.6 is 11.6 Å². The molecule has 0 saturated carbocycles. The standard InChI is InChI=1S/C13H17ClFNO2/c1-13(2,7-14)8-16-12(17)9-4-5-10(15)11(6-9)18-3/h4-6H,7-8H2,1-3H3,(H,16,17). The van der Waals surface area contributed by atoms with Crippen LogP contribution < -0.4 is 10.1 Å². The maximum absolute atomic E-state index is 13.2. The van der Waals surface area contributed by atoms with E-state index in [1.54, 1.807) is 0 Å². The first-order chi connectivity index (χ1) is 8.39. The molecule has 0 aliphatic heterocycles. The fourth-order valence-electron chi connectivity index (χ4n) is 1.27. The second-order valence-corrected chi connectivity index (χ2v) is 5.10. The van der Waals surface area contributed by atoms with Gasteiger partial charge in [-0.15, -0.1) is 11.6 Å². The molecular formula is C13H17ClFNO2. The van der Waals surface area contributed by atoms with Gasteiger partial charge in [-0.2, -0.15) is 0 Å². The number of hydrogen-bond acceptors (Lipinski definition) is 2. The highest BCUT2D eigenvalue weighted by Gasteiger charge is 2.18. The second-order valence-electron chi connectivity index (χ2n) is 4.83. The van der Waals surface area contributed by atoms with Crippen molar-refractivity contribution in [2.45, 2.75) is 13.8 Å². The molecule has 1 amide bonds. The number of amides is 1. The molecule has 0 heterocycles. The van der Waals surface area contributed by atoms with Crippen molar-refractivity contribution in [3.05, 3.63) is 29.6 Å². The normalized spacial score (nSPS) is 11.2. The molecule has 0 spiro atoms. The van der Waals surface area contributed by atoms with Crippen molar-refractivity contribution in [3.63, 3.8) is 0 Å². The predicted molar refractivity (Wildman–Crippen MR) is 69.8 cm³/mol. The average Bonchev–Trinajstić information content (AvgIpc) is 2.36. The molecule has 1 rings (SSSR count). The summed E-state index contributed by atoms with van der Waals surface area (Å²) in [5.74, 6) is -0.263. The number of benzene rings is 1. The Balaban J connectivity index is 2.73. The molecule has 3 nitrogen and oxygen atoms in total. The largest absolute Gasteiger partial charge is 0.494 e. The Morgan fingerprint density at radius 2 is 2.17 bits per heavy atom. The van der Waals surface area contributed by atoms with Crippen LogP contribution in [0.5, 0.6) is 5.75 Å². The Hall–Kier alpha value is -1.29. The summed E-state index contributed by atoms with van der Waals surface area (Å²) in [7, 11) is 1.36. The summed E-state index contributed by atoms with van der Waals surface area (Å²) in [6.07, 6.45) is 0. The van der Waals surface area contributed by atoms with Crippen LogP contribution in [0.3, 0.4) is 0 Å². The van der Waals surface area contributed by atoms with Gasteiger partial charge in [-0.3, -0.25) is 4.79 Å². The number of hydrogen-bond donors (Lipinski definition) is 1. The van der Waals surface area contributed by atoms with Gasteiger partial charge in [0.05, 0.1) is 7.11 Å². The molecule has 0 bridgehead atoms. The first kappa shape index (κ1) is 14.8. The molecule has 0 atom stereocenters. The minimum Gasteiger partial charge on any atom is -0.494 e. The predicted octanol–water partition coefficient (Wildman–Crippen LogP) is 2.83. The Labute approximate surface area is 111 Å². The highest BCUT2D eigenvalue weighted by atomic mass is 35.5. The first-order valence-corrected chi connectivity index (χ1v) is 6.11. The minimum atomic E-state index is -0.491. The Kier molecular flexibility index (Phi) is 4.96. The van der Waals surface area contributed by atoms with E-state index in [-0.39, 0.29) is 17.1 Å². The smallest absolute Gasteiger partial charge is 0.251 e. The molecule has 1 aromatic rings. The molecule has 0 unspecified atom stereocenters. The molecule has 1 N–H and O–H groups in total. The molecule has 0 saturated heterocycles. The summed E-state index contributed by atoms with van der Waals surface area (Å²) in [5, 5.41) is 2.76. The van der Waals surface area contributed by atoms with Crippen LogP contribution in [0.4, 0.5) is 4.39 Å². The topological polar surface area (TPSA) is 38.3 Å². The molecule has 0 fully saturated rings. The van der Waals surface area contributed by atoms with E-state index >= 15 is 0 Å². The number of carbonyl (C=O) groups is 1. The van der Waals surface area contributed by atoms with Gasteiger partial charge in [0, 0.05) is 18.0 Å². The van der Waals surface area contributed by atoms with E-state index in [4.69, 9.17) is 16.3 Å². The van der Waals surface area contributed by atoms with Crippen LogP contribution in [0.15, 0.2) is 18.2 Å². The zero-order chi connectivity index (χ0) is 13.8. The van der Waals surface area contributed by atoms with Crippen molar-refractivity contribution in [1.29, 1.82) is 0 Å². The van der Waals surface area contributed by atoms with Gasteiger partial charge in [0.1, 0.15) is 0 Å². The SMILES string of the molecule is COc1cc(C(=O)NCC(C)(C)CCl)ccc1F. The molecular weight excluding hydrogens is 257 g/mol. The third kappa shape index (κ3) is 3.88. The summed E-state index contributed by atoms with van der Waals surface area (Å²) in [6.45, 7) is 4.35. The van der Waals surface area contributed by atoms with Crippen LogP contribution in [-0.4, -0.2) is 25.4 Å². The number of carbonyl (C=O) groups excluding carboxylic acids is 1. The monoisotopic (exact) mass is 273 g/mol. The lowest BCUT2D eigenvalue weighted by Crippen LogP contribution is -2.35. The average molecular weight is 274 g/mol. The van der Waals surface area contributed by atoms with Gasteiger partial charge in [0.25, 0.3) is 5.91 Å². The fourth-order valence-corrected chi connectivity index (χ4v) is 1.36. The zero-order valence-corrected chi connectivity index (χ0v) is 11.5. The molecule has 0 aromatic heterocycles. The number of halogens is 2. The van der Waals surface area contributed by atoms with Gasteiger partial charge in [-0.25, -0.2) is 4.39 Å². The van der Waals surface area contributed by atoms with Crippen molar-refractivity contribution >= 4 is 17.5 Å². The van der Waals surface area contributed by atoms with Crippen LogP contribution in [0.1, 0.15) is 24.2 Å². The van der Waals surface area contributed by atoms with Crippen molar-refractivity contribution < 1.29 is 13.9 Å². The lowest BCUT2D eigenvalue weighted by Gasteiger charge is -2.21. The van der Waals surface area contributed by atoms with E-state index in [0.29, 0.717) is 18.0 Å². The maximum atomic E-state index is 13.2. The summed E-state index contributed by atoms with van der Waals surface area (Å²) < 4.78 is 18.0. The summed E-state index contributed by atoms with van der Waals surface area (Å²) in [6, 6.07) is 4.00. The molecule has 18 heavy (non-hydrogen) atoms. The number of alkyl halides is 1. The lowest BCUT2D eigenvalue weighted by atomic mass is 9.96. The van der Waals surface area contributed by atoms with E-state index < -0.39 is 5.82 Å². The molecule has 100 valence electrons. The highest BCUT2D eigenvalue weighted by molar-refractivity contribution is 6.18. The van der Waals surface area contributed by atoms with Crippen molar-refractivity contribution in [3.8, 4) is 5.75 Å². The lowest BCUT2D eigenvalue weighted by molar-refractivity contribution is 0.0939. The number of nitrogens with one attached hydrogen (secondary N) is 1. The molecule has 1 aromatic carbocycles. The third-order valence-corrected chi connectivity index (χ3v) is 3.23. The van der Waals surface area contributed by atoms with Crippen LogP contribution in [0.25, 0.3) is 0 Å². The molecule has 5 heteroatoms. The summed E-state index contributed by atoms with van der Waals surface area (Å²) in [5.41, 5.74) is 0.181. The van der Waals surface area contributed by atoms with Gasteiger partial charge in [-0.1, -0.05) is 13.8 Å². The number of rotatable bonds is 5. The van der Waals surface area contributed by atoms with E-state index in [9.17, 15) is 9.18 Å². The van der Waals surface area contributed by atoms with Crippen LogP contribution in [0.2, 0.25) is 0 Å². The van der Waals surface area contributed by atoms with Gasteiger partial charge in [0.2, 0.25) is 0 Å². The third-order valence-electron chi connectivity index (χ3n) is 2.50. The number of ether oxygens (including phenoxy) is 1. The van der Waals surface area contributed by atoms with Gasteiger partial charge < -0.3 is 10.1 Å². The summed E-state index contributed by atoms with van der Waals surface area (Å²) >= 11 is 5.77. The quantitative estimate of drug-likeness (QED) is 0.838. The van der Waals surface area contributed by atoms with Crippen molar-refractivity contribution in [2.24, 2.45) is 5.41 Å². The van der Waals surface area contributed by atoms with Crippen LogP contribution in [-0.2, 0) is 0 Å². The van der Waals surface area contributed by atoms with Crippen molar-refractivity contribution in [2.75, 3.05) is 19.5 Å². The maximum Gasteiger partial charge on any atom is 0.251 e. The van der Waals surface area contributed by atoms with E-state index in [2.05, 4.69) is 5.32 Å². The van der Waals surface area contributed by atoms with Crippen LogP contribution in [0, 0.1) is 11.2 Å². The van der Waals surface area contributed by atoms with Gasteiger partial charge in [-0.05, 0) is 23.6 Å². The molecule has 0 aliphatic carbocycles. The molecule has 0 radical (unpaired) electrons. The highest BCUT2D eigenvalue weighted by Crippen LogP contribution is 2.19. The van der Waals surface area contributed by atoms with E-state index in [1.165, 1.54) is 25.3 Å². The summed E-state index contributed by atoms with van der Waals surface area (Å²) in [4.78, 5) is 11.9. The Morgan fingerprint density at radius 3 is 2.72 bits per heavy atom. The molecule has 0 aliphatic rings.